The zero-order chi connectivity index (χ0) is 15.9. The Balaban J connectivity index is 1.82. The number of benzene rings is 1. The van der Waals surface area contributed by atoms with E-state index in [4.69, 9.17) is 10.5 Å². The Morgan fingerprint density at radius 2 is 2.23 bits per heavy atom. The van der Waals surface area contributed by atoms with E-state index in [0.29, 0.717) is 25.9 Å². The van der Waals surface area contributed by atoms with E-state index in [-0.39, 0.29) is 18.4 Å². The molecule has 6 heteroatoms. The molecule has 22 heavy (non-hydrogen) atoms. The summed E-state index contributed by atoms with van der Waals surface area (Å²) in [6.45, 7) is 3.10. The molecule has 0 aromatic heterocycles. The topological polar surface area (TPSA) is 84.7 Å². The van der Waals surface area contributed by atoms with Crippen molar-refractivity contribution in [1.29, 1.82) is 0 Å². The van der Waals surface area contributed by atoms with Crippen molar-refractivity contribution in [3.8, 4) is 5.75 Å². The number of nitrogens with zero attached hydrogens (tertiary/aromatic N) is 1. The van der Waals surface area contributed by atoms with Crippen LogP contribution in [0.2, 0.25) is 0 Å². The molecular weight excluding hydrogens is 282 g/mol. The lowest BCUT2D eigenvalue weighted by Gasteiger charge is -2.29. The number of nitrogens with two attached hydrogens (primary N) is 1. The van der Waals surface area contributed by atoms with Crippen LogP contribution in [-0.4, -0.2) is 37.6 Å². The van der Waals surface area contributed by atoms with Gasteiger partial charge in [0.2, 0.25) is 5.91 Å². The number of rotatable bonds is 7. The minimum atomic E-state index is -0.448. The highest BCUT2D eigenvalue weighted by molar-refractivity contribution is 5.97. The summed E-state index contributed by atoms with van der Waals surface area (Å²) in [6.07, 6.45) is 2.24. The Kier molecular flexibility index (Phi) is 5.77. The molecule has 2 amide bonds. The summed E-state index contributed by atoms with van der Waals surface area (Å²) in [6, 6.07) is 7.01. The first-order valence-electron chi connectivity index (χ1n) is 7.69. The summed E-state index contributed by atoms with van der Waals surface area (Å²) >= 11 is 0. The fraction of sp³-hybridized carbons (Fsp3) is 0.500. The van der Waals surface area contributed by atoms with Gasteiger partial charge in [0.25, 0.3) is 5.91 Å². The normalized spacial score (nSPS) is 15.0. The van der Waals surface area contributed by atoms with Crippen LogP contribution in [0.25, 0.3) is 0 Å². The highest BCUT2D eigenvalue weighted by atomic mass is 16.5. The van der Waals surface area contributed by atoms with Gasteiger partial charge in [-0.05, 0) is 25.0 Å². The van der Waals surface area contributed by atoms with Crippen LogP contribution in [0.3, 0.4) is 0 Å². The average molecular weight is 305 g/mol. The van der Waals surface area contributed by atoms with Gasteiger partial charge in [0.05, 0.1) is 11.7 Å². The molecule has 120 valence electrons. The molecule has 0 aliphatic carbocycles. The average Bonchev–Trinajstić information content (AvgIpc) is 2.53. The summed E-state index contributed by atoms with van der Waals surface area (Å²) in [7, 11) is 0. The third kappa shape index (κ3) is 3.98. The van der Waals surface area contributed by atoms with Crippen LogP contribution in [0.5, 0.6) is 5.75 Å². The highest BCUT2D eigenvalue weighted by Gasteiger charge is 2.24. The molecule has 3 N–H and O–H groups in total. The van der Waals surface area contributed by atoms with Crippen LogP contribution in [0.15, 0.2) is 24.3 Å². The lowest BCUT2D eigenvalue weighted by molar-refractivity contribution is -0.122. The number of nitrogens with one attached hydrogen (secondary N) is 1. The fourth-order valence-corrected chi connectivity index (χ4v) is 2.42. The molecule has 0 saturated heterocycles. The van der Waals surface area contributed by atoms with Gasteiger partial charge in [-0.25, -0.2) is 0 Å². The monoisotopic (exact) mass is 305 g/mol. The maximum atomic E-state index is 12.0. The predicted octanol–water partition coefficient (Wildman–Crippen LogP) is 1.05. The summed E-state index contributed by atoms with van der Waals surface area (Å²) in [4.78, 5) is 25.4. The van der Waals surface area contributed by atoms with Gasteiger partial charge in [-0.1, -0.05) is 25.5 Å². The number of carbonyl (C=O) groups excluding carboxylic acids is 2. The molecule has 2 rings (SSSR count). The lowest BCUT2D eigenvalue weighted by Crippen LogP contribution is -2.43. The Morgan fingerprint density at radius 1 is 1.45 bits per heavy atom. The van der Waals surface area contributed by atoms with Gasteiger partial charge >= 0.3 is 0 Å². The minimum Gasteiger partial charge on any atom is -0.482 e. The largest absolute Gasteiger partial charge is 0.482 e. The van der Waals surface area contributed by atoms with E-state index >= 15 is 0 Å². The summed E-state index contributed by atoms with van der Waals surface area (Å²) in [5, 5.41) is 2.81. The number of hydrogen-bond acceptors (Lipinski definition) is 4. The van der Waals surface area contributed by atoms with Crippen LogP contribution >= 0.6 is 0 Å². The van der Waals surface area contributed by atoms with E-state index in [1.165, 1.54) is 0 Å². The summed E-state index contributed by atoms with van der Waals surface area (Å²) < 4.78 is 5.39. The second kappa shape index (κ2) is 7.79. The zero-order valence-corrected chi connectivity index (χ0v) is 12.9. The lowest BCUT2D eigenvalue weighted by atomic mass is 10.1. The minimum absolute atomic E-state index is 0.0603. The van der Waals surface area contributed by atoms with Crippen LogP contribution < -0.4 is 20.7 Å². The SMILES string of the molecule is CCCC(N)C(=O)NCCCN1C(=O)COc2ccccc21. The number of fused-ring (bicyclic) bond motifs is 1. The molecule has 0 spiro atoms. The van der Waals surface area contributed by atoms with Gasteiger partial charge < -0.3 is 20.7 Å². The number of amides is 2. The van der Waals surface area contributed by atoms with Crippen molar-refractivity contribution in [3.05, 3.63) is 24.3 Å². The van der Waals surface area contributed by atoms with Gasteiger partial charge in [-0.15, -0.1) is 0 Å². The van der Waals surface area contributed by atoms with E-state index in [1.807, 2.05) is 31.2 Å². The first-order chi connectivity index (χ1) is 10.6. The van der Waals surface area contributed by atoms with Gasteiger partial charge in [0.15, 0.2) is 6.61 Å². The molecule has 0 fully saturated rings. The molecule has 1 aliphatic heterocycles. The van der Waals surface area contributed by atoms with Crippen LogP contribution in [0.1, 0.15) is 26.2 Å². The second-order valence-electron chi connectivity index (χ2n) is 5.34. The molecule has 0 radical (unpaired) electrons. The molecule has 1 unspecified atom stereocenters. The molecule has 1 aromatic carbocycles. The third-order valence-electron chi connectivity index (χ3n) is 3.60. The van der Waals surface area contributed by atoms with Crippen molar-refractivity contribution in [1.82, 2.24) is 5.32 Å². The standard InChI is InChI=1S/C16H23N3O3/c1-2-6-12(17)16(21)18-9-5-10-19-13-7-3-4-8-14(13)22-11-15(19)20/h3-4,7-8,12H,2,5-6,9-11,17H2,1H3,(H,18,21). The fourth-order valence-electron chi connectivity index (χ4n) is 2.42. The van der Waals surface area contributed by atoms with Crippen molar-refractivity contribution in [2.45, 2.75) is 32.2 Å². The number of hydrogen-bond donors (Lipinski definition) is 2. The molecule has 0 saturated carbocycles. The molecule has 1 heterocycles. The molecule has 6 nitrogen and oxygen atoms in total. The maximum absolute atomic E-state index is 12.0. The Bertz CT molecular complexity index is 533. The van der Waals surface area contributed by atoms with Crippen molar-refractivity contribution in [3.63, 3.8) is 0 Å². The van der Waals surface area contributed by atoms with E-state index in [0.717, 1.165) is 17.9 Å². The van der Waals surface area contributed by atoms with Gasteiger partial charge in [-0.3, -0.25) is 9.59 Å². The van der Waals surface area contributed by atoms with Crippen LogP contribution in [-0.2, 0) is 9.59 Å². The molecule has 1 atom stereocenters. The highest BCUT2D eigenvalue weighted by Crippen LogP contribution is 2.31. The molecule has 1 aromatic rings. The molecule has 0 bridgehead atoms. The van der Waals surface area contributed by atoms with Crippen molar-refractivity contribution in [2.24, 2.45) is 5.73 Å². The van der Waals surface area contributed by atoms with Crippen molar-refractivity contribution in [2.75, 3.05) is 24.6 Å². The number of para-hydroxylation sites is 2. The number of anilines is 1. The van der Waals surface area contributed by atoms with E-state index < -0.39 is 6.04 Å². The smallest absolute Gasteiger partial charge is 0.265 e. The Hall–Kier alpha value is -2.08. The molecule has 1 aliphatic rings. The van der Waals surface area contributed by atoms with Crippen molar-refractivity contribution >= 4 is 17.5 Å². The zero-order valence-electron chi connectivity index (χ0n) is 12.9. The summed E-state index contributed by atoms with van der Waals surface area (Å²) in [5.74, 6) is 0.527. The van der Waals surface area contributed by atoms with E-state index in [1.54, 1.807) is 4.90 Å². The maximum Gasteiger partial charge on any atom is 0.265 e. The molecular formula is C16H23N3O3. The Morgan fingerprint density at radius 3 is 3.00 bits per heavy atom. The second-order valence-corrected chi connectivity index (χ2v) is 5.34. The Labute approximate surface area is 130 Å². The quantitative estimate of drug-likeness (QED) is 0.737. The number of carbonyl (C=O) groups is 2. The van der Waals surface area contributed by atoms with Gasteiger partial charge in [0, 0.05) is 13.1 Å². The van der Waals surface area contributed by atoms with Gasteiger partial charge in [-0.2, -0.15) is 0 Å². The first-order valence-corrected chi connectivity index (χ1v) is 7.69. The van der Waals surface area contributed by atoms with Crippen LogP contribution in [0.4, 0.5) is 5.69 Å². The number of ether oxygens (including phenoxy) is 1. The van der Waals surface area contributed by atoms with Crippen molar-refractivity contribution < 1.29 is 14.3 Å². The summed E-state index contributed by atoms with van der Waals surface area (Å²) in [5.41, 5.74) is 6.53. The third-order valence-corrected chi connectivity index (χ3v) is 3.60. The first kappa shape index (κ1) is 16.3. The van der Waals surface area contributed by atoms with E-state index in [2.05, 4.69) is 5.32 Å². The predicted molar refractivity (Wildman–Crippen MR) is 84.8 cm³/mol. The van der Waals surface area contributed by atoms with E-state index in [9.17, 15) is 9.59 Å². The van der Waals surface area contributed by atoms with Crippen LogP contribution in [0, 0.1) is 0 Å². The van der Waals surface area contributed by atoms with Gasteiger partial charge in [0.1, 0.15) is 5.75 Å².